The molecule has 4 N–H and O–H groups in total. The molecule has 66 valence electrons. The summed E-state index contributed by atoms with van der Waals surface area (Å²) in [5.41, 5.74) is 12.4. The van der Waals surface area contributed by atoms with Gasteiger partial charge in [0.1, 0.15) is 0 Å². The van der Waals surface area contributed by atoms with Gasteiger partial charge in [-0.15, -0.1) is 0 Å². The molecule has 1 aromatic rings. The van der Waals surface area contributed by atoms with Crippen LogP contribution in [0.15, 0.2) is 24.3 Å². The number of hydrogen-bond donors (Lipinski definition) is 2. The molecule has 0 aliphatic heterocycles. The third kappa shape index (κ3) is 2.43. The Kier molecular flexibility index (Phi) is 3.97. The SMILES string of the molecule is NCC(CN)c1ccc(I)cc1. The van der Waals surface area contributed by atoms with E-state index >= 15 is 0 Å². The van der Waals surface area contributed by atoms with E-state index in [1.807, 2.05) is 0 Å². The monoisotopic (exact) mass is 276 g/mol. The second kappa shape index (κ2) is 4.79. The third-order valence-corrected chi connectivity index (χ3v) is 2.63. The normalized spacial score (nSPS) is 10.7. The van der Waals surface area contributed by atoms with Gasteiger partial charge in [-0.2, -0.15) is 0 Å². The smallest absolute Gasteiger partial charge is 0.0130 e. The molecule has 1 rings (SSSR count). The zero-order valence-corrected chi connectivity index (χ0v) is 8.99. The molecule has 0 atom stereocenters. The summed E-state index contributed by atoms with van der Waals surface area (Å²) >= 11 is 2.28. The minimum atomic E-state index is 0.307. The van der Waals surface area contributed by atoms with Gasteiger partial charge in [-0.3, -0.25) is 0 Å². The van der Waals surface area contributed by atoms with Crippen LogP contribution in [0.4, 0.5) is 0 Å². The number of nitrogens with two attached hydrogens (primary N) is 2. The zero-order valence-electron chi connectivity index (χ0n) is 6.83. The summed E-state index contributed by atoms with van der Waals surface area (Å²) in [5.74, 6) is 0.307. The summed E-state index contributed by atoms with van der Waals surface area (Å²) in [5, 5.41) is 0. The molecule has 0 aliphatic rings. The standard InChI is InChI=1S/C9H13IN2/c10-9-3-1-7(2-4-9)8(5-11)6-12/h1-4,8H,5-6,11-12H2. The van der Waals surface area contributed by atoms with Crippen molar-refractivity contribution >= 4 is 22.6 Å². The maximum atomic E-state index is 5.57. The lowest BCUT2D eigenvalue weighted by Crippen LogP contribution is -2.21. The molecule has 0 heterocycles. The highest BCUT2D eigenvalue weighted by molar-refractivity contribution is 14.1. The van der Waals surface area contributed by atoms with Crippen molar-refractivity contribution < 1.29 is 0 Å². The molecule has 0 unspecified atom stereocenters. The number of rotatable bonds is 3. The largest absolute Gasteiger partial charge is 0.330 e. The van der Waals surface area contributed by atoms with Crippen LogP contribution in [0, 0.1) is 3.57 Å². The molecule has 1 aromatic carbocycles. The molecule has 0 spiro atoms. The van der Waals surface area contributed by atoms with Gasteiger partial charge in [0.15, 0.2) is 0 Å². The summed E-state index contributed by atoms with van der Waals surface area (Å²) in [4.78, 5) is 0. The second-order valence-corrected chi connectivity index (χ2v) is 3.97. The van der Waals surface area contributed by atoms with E-state index in [2.05, 4.69) is 46.9 Å². The van der Waals surface area contributed by atoms with E-state index in [1.54, 1.807) is 0 Å². The molecular formula is C9H13IN2. The van der Waals surface area contributed by atoms with Crippen LogP contribution in [0.3, 0.4) is 0 Å². The van der Waals surface area contributed by atoms with Gasteiger partial charge in [-0.1, -0.05) is 12.1 Å². The van der Waals surface area contributed by atoms with E-state index < -0.39 is 0 Å². The Morgan fingerprint density at radius 1 is 1.08 bits per heavy atom. The Morgan fingerprint density at radius 3 is 2.00 bits per heavy atom. The Morgan fingerprint density at radius 2 is 1.58 bits per heavy atom. The molecule has 12 heavy (non-hydrogen) atoms. The Labute approximate surface area is 86.5 Å². The Bertz CT molecular complexity index is 229. The maximum absolute atomic E-state index is 5.57. The predicted octanol–water partition coefficient (Wildman–Crippen LogP) is 1.29. The summed E-state index contributed by atoms with van der Waals surface area (Å²) in [7, 11) is 0. The number of halogens is 1. The predicted molar refractivity (Wildman–Crippen MR) is 60.0 cm³/mol. The van der Waals surface area contributed by atoms with Gasteiger partial charge in [-0.05, 0) is 40.3 Å². The van der Waals surface area contributed by atoms with Gasteiger partial charge in [-0.25, -0.2) is 0 Å². The van der Waals surface area contributed by atoms with E-state index in [4.69, 9.17) is 11.5 Å². The van der Waals surface area contributed by atoms with E-state index in [9.17, 15) is 0 Å². The first-order valence-corrected chi connectivity index (χ1v) is 5.01. The summed E-state index contributed by atoms with van der Waals surface area (Å²) in [6.45, 7) is 1.24. The summed E-state index contributed by atoms with van der Waals surface area (Å²) in [6.07, 6.45) is 0. The fourth-order valence-electron chi connectivity index (χ4n) is 1.10. The molecule has 2 nitrogen and oxygen atoms in total. The second-order valence-electron chi connectivity index (χ2n) is 2.72. The van der Waals surface area contributed by atoms with Crippen molar-refractivity contribution in [3.8, 4) is 0 Å². The highest BCUT2D eigenvalue weighted by Gasteiger charge is 2.05. The van der Waals surface area contributed by atoms with Crippen LogP contribution in [0.25, 0.3) is 0 Å². The van der Waals surface area contributed by atoms with Gasteiger partial charge in [0.2, 0.25) is 0 Å². The Balaban J connectivity index is 2.80. The molecule has 0 saturated heterocycles. The first kappa shape index (κ1) is 9.95. The molecule has 3 heteroatoms. The van der Waals surface area contributed by atoms with E-state index in [1.165, 1.54) is 9.13 Å². The molecule has 0 aromatic heterocycles. The highest BCUT2D eigenvalue weighted by Crippen LogP contribution is 2.14. The van der Waals surface area contributed by atoms with Crippen molar-refractivity contribution in [2.45, 2.75) is 5.92 Å². The molecule has 0 amide bonds. The zero-order chi connectivity index (χ0) is 8.97. The quantitative estimate of drug-likeness (QED) is 0.817. The molecule has 0 saturated carbocycles. The van der Waals surface area contributed by atoms with Crippen LogP contribution >= 0.6 is 22.6 Å². The van der Waals surface area contributed by atoms with Crippen LogP contribution in [-0.2, 0) is 0 Å². The Hall–Kier alpha value is -0.130. The van der Waals surface area contributed by atoms with Crippen LogP contribution in [0.2, 0.25) is 0 Å². The van der Waals surface area contributed by atoms with Crippen molar-refractivity contribution in [1.82, 2.24) is 0 Å². The molecule has 0 bridgehead atoms. The fraction of sp³-hybridized carbons (Fsp3) is 0.333. The van der Waals surface area contributed by atoms with Gasteiger partial charge in [0.25, 0.3) is 0 Å². The lowest BCUT2D eigenvalue weighted by atomic mass is 10.00. The van der Waals surface area contributed by atoms with Crippen LogP contribution < -0.4 is 11.5 Å². The van der Waals surface area contributed by atoms with Crippen LogP contribution in [0.5, 0.6) is 0 Å². The topological polar surface area (TPSA) is 52.0 Å². The minimum Gasteiger partial charge on any atom is -0.330 e. The molecule has 0 fully saturated rings. The number of benzene rings is 1. The summed E-state index contributed by atoms with van der Waals surface area (Å²) < 4.78 is 1.24. The van der Waals surface area contributed by atoms with Crippen molar-refractivity contribution in [1.29, 1.82) is 0 Å². The van der Waals surface area contributed by atoms with Gasteiger partial charge in [0.05, 0.1) is 0 Å². The average Bonchev–Trinajstić information content (AvgIpc) is 2.10. The number of hydrogen-bond acceptors (Lipinski definition) is 2. The van der Waals surface area contributed by atoms with E-state index in [-0.39, 0.29) is 0 Å². The van der Waals surface area contributed by atoms with E-state index in [0.29, 0.717) is 19.0 Å². The van der Waals surface area contributed by atoms with Crippen molar-refractivity contribution in [2.24, 2.45) is 11.5 Å². The first-order valence-electron chi connectivity index (χ1n) is 3.93. The molecule has 0 radical (unpaired) electrons. The van der Waals surface area contributed by atoms with Crippen molar-refractivity contribution in [2.75, 3.05) is 13.1 Å². The summed E-state index contributed by atoms with van der Waals surface area (Å²) in [6, 6.07) is 8.33. The lowest BCUT2D eigenvalue weighted by Gasteiger charge is -2.11. The van der Waals surface area contributed by atoms with Crippen LogP contribution in [-0.4, -0.2) is 13.1 Å². The molecule has 0 aliphatic carbocycles. The fourth-order valence-corrected chi connectivity index (χ4v) is 1.46. The lowest BCUT2D eigenvalue weighted by molar-refractivity contribution is 0.708. The van der Waals surface area contributed by atoms with Crippen molar-refractivity contribution in [3.05, 3.63) is 33.4 Å². The van der Waals surface area contributed by atoms with E-state index in [0.717, 1.165) is 0 Å². The maximum Gasteiger partial charge on any atom is 0.0130 e. The van der Waals surface area contributed by atoms with Crippen LogP contribution in [0.1, 0.15) is 11.5 Å². The minimum absolute atomic E-state index is 0.307. The third-order valence-electron chi connectivity index (χ3n) is 1.91. The van der Waals surface area contributed by atoms with Gasteiger partial charge >= 0.3 is 0 Å². The molecular weight excluding hydrogens is 263 g/mol. The first-order chi connectivity index (χ1) is 5.77. The average molecular weight is 276 g/mol. The highest BCUT2D eigenvalue weighted by atomic mass is 127. The van der Waals surface area contributed by atoms with Crippen molar-refractivity contribution in [3.63, 3.8) is 0 Å². The van der Waals surface area contributed by atoms with Gasteiger partial charge in [0, 0.05) is 22.6 Å². The van der Waals surface area contributed by atoms with Gasteiger partial charge < -0.3 is 11.5 Å².